The molecule has 2 atom stereocenters. The summed E-state index contributed by atoms with van der Waals surface area (Å²) < 4.78 is 0. The average molecular weight is 441 g/mol. The number of thiocarbonyl (C=S) groups is 2. The summed E-state index contributed by atoms with van der Waals surface area (Å²) in [6, 6.07) is 0.439. The molecule has 6 nitrogen and oxygen atoms in total. The molecule has 8 heteroatoms. The summed E-state index contributed by atoms with van der Waals surface area (Å²) in [6.07, 6.45) is 11.3. The van der Waals surface area contributed by atoms with Crippen molar-refractivity contribution in [2.24, 2.45) is 23.2 Å². The van der Waals surface area contributed by atoms with E-state index in [0.29, 0.717) is 15.6 Å². The second-order valence-electron chi connectivity index (χ2n) is 9.61. The van der Waals surface area contributed by atoms with Crippen LogP contribution in [0.3, 0.4) is 0 Å². The Morgan fingerprint density at radius 2 is 1.34 bits per heavy atom. The third-order valence-corrected chi connectivity index (χ3v) is 7.71. The molecule has 0 heterocycles. The van der Waals surface area contributed by atoms with Crippen LogP contribution < -0.4 is 32.3 Å². The van der Waals surface area contributed by atoms with E-state index in [1.165, 1.54) is 44.9 Å². The molecule has 0 amide bonds. The molecular formula is C21H40N6S2. The highest BCUT2D eigenvalue weighted by Crippen LogP contribution is 2.61. The van der Waals surface area contributed by atoms with Crippen LogP contribution in [0.1, 0.15) is 72.1 Å². The molecule has 0 aliphatic heterocycles. The molecule has 29 heavy (non-hydrogen) atoms. The van der Waals surface area contributed by atoms with E-state index < -0.39 is 0 Å². The predicted octanol–water partition coefficient (Wildman–Crippen LogP) is 2.72. The van der Waals surface area contributed by atoms with Gasteiger partial charge in [0.25, 0.3) is 0 Å². The van der Waals surface area contributed by atoms with Gasteiger partial charge in [-0.15, -0.1) is 0 Å². The molecule has 4 fully saturated rings. The maximum Gasteiger partial charge on any atom is 0.180 e. The molecule has 0 aromatic heterocycles. The van der Waals surface area contributed by atoms with Crippen LogP contribution in [0.4, 0.5) is 0 Å². The second-order valence-corrected chi connectivity index (χ2v) is 10.4. The van der Waals surface area contributed by atoms with Crippen LogP contribution in [0.2, 0.25) is 0 Å². The van der Waals surface area contributed by atoms with Crippen molar-refractivity contribution in [2.45, 2.75) is 84.2 Å². The van der Waals surface area contributed by atoms with E-state index in [1.807, 2.05) is 13.8 Å². The lowest BCUT2D eigenvalue weighted by molar-refractivity contribution is -0.0596. The molecule has 4 saturated carbocycles. The summed E-state index contributed by atoms with van der Waals surface area (Å²) in [5, 5.41) is 7.55. The molecule has 0 aromatic carbocycles. The summed E-state index contributed by atoms with van der Waals surface area (Å²) in [7, 11) is 0. The lowest BCUT2D eigenvalue weighted by Crippen LogP contribution is -2.59. The van der Waals surface area contributed by atoms with Gasteiger partial charge < -0.3 is 10.6 Å². The highest BCUT2D eigenvalue weighted by atomic mass is 32.1. The Kier molecular flexibility index (Phi) is 8.36. The van der Waals surface area contributed by atoms with E-state index in [2.05, 4.69) is 39.3 Å². The maximum absolute atomic E-state index is 5.35. The SMILES string of the molecule is CCNC(=S)NNC(C)C(CCC12CC3CC(CC(C3)C1)C2)NNC(=S)NCC. The van der Waals surface area contributed by atoms with Gasteiger partial charge in [0.15, 0.2) is 10.2 Å². The van der Waals surface area contributed by atoms with Gasteiger partial charge in [0.2, 0.25) is 0 Å². The predicted molar refractivity (Wildman–Crippen MR) is 128 cm³/mol. The minimum absolute atomic E-state index is 0.192. The number of nitrogens with one attached hydrogen (secondary N) is 6. The van der Waals surface area contributed by atoms with Crippen LogP contribution in [-0.2, 0) is 0 Å². The van der Waals surface area contributed by atoms with Gasteiger partial charge in [-0.2, -0.15) is 0 Å². The lowest BCUT2D eigenvalue weighted by atomic mass is 9.48. The quantitative estimate of drug-likeness (QED) is 0.229. The Bertz CT molecular complexity index is 534. The van der Waals surface area contributed by atoms with Crippen molar-refractivity contribution in [3.05, 3.63) is 0 Å². The standard InChI is InChI=1S/C21H40N6S2/c1-4-22-19(28)26-24-14(3)18(25-27-20(29)23-5-2)6-7-21-11-15-8-16(12-21)10-17(9-15)13-21/h14-18,24-25H,4-13H2,1-3H3,(H2,22,26,28)(H2,23,27,29). The first kappa shape index (κ1) is 23.0. The van der Waals surface area contributed by atoms with Crippen LogP contribution in [-0.4, -0.2) is 35.4 Å². The monoisotopic (exact) mass is 440 g/mol. The molecule has 4 aliphatic rings. The van der Waals surface area contributed by atoms with Gasteiger partial charge >= 0.3 is 0 Å². The first-order chi connectivity index (χ1) is 13.9. The van der Waals surface area contributed by atoms with Crippen molar-refractivity contribution < 1.29 is 0 Å². The third kappa shape index (κ3) is 6.39. The maximum atomic E-state index is 5.35. The summed E-state index contributed by atoms with van der Waals surface area (Å²) in [4.78, 5) is 0. The van der Waals surface area contributed by atoms with Crippen LogP contribution in [0.5, 0.6) is 0 Å². The highest BCUT2D eigenvalue weighted by molar-refractivity contribution is 7.80. The Balaban J connectivity index is 1.55. The fourth-order valence-corrected chi connectivity index (χ4v) is 6.76. The molecule has 0 radical (unpaired) electrons. The van der Waals surface area contributed by atoms with Gasteiger partial charge in [-0.1, -0.05) is 0 Å². The zero-order valence-electron chi connectivity index (χ0n) is 18.3. The Morgan fingerprint density at radius 1 is 0.862 bits per heavy atom. The van der Waals surface area contributed by atoms with Crippen molar-refractivity contribution >= 4 is 34.7 Å². The number of hydrogen-bond donors (Lipinski definition) is 6. The molecule has 0 aromatic rings. The molecular weight excluding hydrogens is 400 g/mol. The van der Waals surface area contributed by atoms with E-state index in [0.717, 1.165) is 37.3 Å². The molecule has 0 saturated heterocycles. The average Bonchev–Trinajstić information content (AvgIpc) is 2.65. The van der Waals surface area contributed by atoms with Crippen molar-refractivity contribution in [3.8, 4) is 0 Å². The third-order valence-electron chi connectivity index (χ3n) is 7.21. The van der Waals surface area contributed by atoms with Gasteiger partial charge in [-0.25, -0.2) is 10.9 Å². The van der Waals surface area contributed by atoms with Crippen molar-refractivity contribution in [3.63, 3.8) is 0 Å². The van der Waals surface area contributed by atoms with Crippen LogP contribution in [0.25, 0.3) is 0 Å². The fraction of sp³-hybridized carbons (Fsp3) is 0.905. The van der Waals surface area contributed by atoms with Crippen molar-refractivity contribution in [2.75, 3.05) is 13.1 Å². The smallest absolute Gasteiger partial charge is 0.180 e. The number of hydrogen-bond acceptors (Lipinski definition) is 4. The van der Waals surface area contributed by atoms with Gasteiger partial charge in [0, 0.05) is 25.2 Å². The molecule has 4 rings (SSSR count). The minimum Gasteiger partial charge on any atom is -0.362 e. The van der Waals surface area contributed by atoms with Gasteiger partial charge in [0.1, 0.15) is 0 Å². The number of hydrazine groups is 2. The van der Waals surface area contributed by atoms with Crippen molar-refractivity contribution in [1.82, 2.24) is 32.3 Å². The largest absolute Gasteiger partial charge is 0.362 e. The molecule has 4 bridgehead atoms. The van der Waals surface area contributed by atoms with E-state index in [4.69, 9.17) is 24.4 Å². The molecule has 0 spiro atoms. The zero-order valence-corrected chi connectivity index (χ0v) is 19.9. The van der Waals surface area contributed by atoms with Crippen LogP contribution in [0, 0.1) is 23.2 Å². The lowest BCUT2D eigenvalue weighted by Gasteiger charge is -2.57. The second kappa shape index (κ2) is 10.6. The molecule has 6 N–H and O–H groups in total. The highest BCUT2D eigenvalue weighted by Gasteiger charge is 2.50. The van der Waals surface area contributed by atoms with Crippen molar-refractivity contribution in [1.29, 1.82) is 0 Å². The topological polar surface area (TPSA) is 72.2 Å². The summed E-state index contributed by atoms with van der Waals surface area (Å²) in [5.74, 6) is 3.01. The number of rotatable bonds is 10. The molecule has 2 unspecified atom stereocenters. The summed E-state index contributed by atoms with van der Waals surface area (Å²) in [5.41, 5.74) is 13.7. The van der Waals surface area contributed by atoms with E-state index >= 15 is 0 Å². The Hall–Kier alpha value is -0.700. The van der Waals surface area contributed by atoms with Gasteiger partial charge in [0.05, 0.1) is 0 Å². The van der Waals surface area contributed by atoms with E-state index in [9.17, 15) is 0 Å². The summed E-state index contributed by atoms with van der Waals surface area (Å²) >= 11 is 10.6. The van der Waals surface area contributed by atoms with Gasteiger partial charge in [-0.3, -0.25) is 10.9 Å². The minimum atomic E-state index is 0.192. The molecule has 4 aliphatic carbocycles. The van der Waals surface area contributed by atoms with Gasteiger partial charge in [-0.05, 0) is 120 Å². The van der Waals surface area contributed by atoms with Crippen LogP contribution in [0.15, 0.2) is 0 Å². The summed E-state index contributed by atoms with van der Waals surface area (Å²) in [6.45, 7) is 7.91. The van der Waals surface area contributed by atoms with Crippen LogP contribution >= 0.6 is 24.4 Å². The molecule has 166 valence electrons. The Morgan fingerprint density at radius 3 is 1.83 bits per heavy atom. The van der Waals surface area contributed by atoms with E-state index in [1.54, 1.807) is 0 Å². The zero-order chi connectivity index (χ0) is 20.9. The normalized spacial score (nSPS) is 31.8. The van der Waals surface area contributed by atoms with E-state index in [-0.39, 0.29) is 12.1 Å². The Labute approximate surface area is 187 Å². The fourth-order valence-electron chi connectivity index (χ4n) is 6.35. The first-order valence-corrected chi connectivity index (χ1v) is 12.3. The first-order valence-electron chi connectivity index (χ1n) is 11.5.